The highest BCUT2D eigenvalue weighted by Gasteiger charge is 2.08. The molecule has 96 valence electrons. The van der Waals surface area contributed by atoms with Gasteiger partial charge in [-0.15, -0.1) is 0 Å². The van der Waals surface area contributed by atoms with Crippen LogP contribution in [0, 0.1) is 0 Å². The number of thiocarbonyl (C=S) groups is 1. The van der Waals surface area contributed by atoms with Crippen molar-refractivity contribution in [3.05, 3.63) is 17.5 Å². The number of hydrogen-bond donors (Lipinski definition) is 1. The first-order valence-electron chi connectivity index (χ1n) is 6.09. The molecule has 0 bridgehead atoms. The molecule has 17 heavy (non-hydrogen) atoms. The van der Waals surface area contributed by atoms with Crippen LogP contribution in [0.2, 0.25) is 0 Å². The summed E-state index contributed by atoms with van der Waals surface area (Å²) >= 11 is 4.88. The molecule has 0 unspecified atom stereocenters. The van der Waals surface area contributed by atoms with Crippen LogP contribution in [0.4, 0.5) is 0 Å². The van der Waals surface area contributed by atoms with E-state index in [9.17, 15) is 0 Å². The van der Waals surface area contributed by atoms with E-state index in [0.717, 1.165) is 38.2 Å². The number of aromatic nitrogens is 2. The zero-order valence-electron chi connectivity index (χ0n) is 10.9. The molecule has 0 aliphatic rings. The molecule has 1 rings (SSSR count). The zero-order chi connectivity index (χ0) is 12.8. The molecule has 0 radical (unpaired) electrons. The van der Waals surface area contributed by atoms with Crippen LogP contribution in [0.3, 0.4) is 0 Å². The Morgan fingerprint density at radius 1 is 1.53 bits per heavy atom. The van der Waals surface area contributed by atoms with Crippen molar-refractivity contribution in [1.29, 1.82) is 0 Å². The van der Waals surface area contributed by atoms with Crippen molar-refractivity contribution in [2.24, 2.45) is 5.73 Å². The lowest BCUT2D eigenvalue weighted by atomic mass is 10.3. The lowest BCUT2D eigenvalue weighted by molar-refractivity contribution is 0.324. The third-order valence-corrected chi connectivity index (χ3v) is 2.95. The SMILES string of the molecule is CCc1cc(CN(C)CCC(N)=S)n(CC)n1. The van der Waals surface area contributed by atoms with Gasteiger partial charge >= 0.3 is 0 Å². The zero-order valence-corrected chi connectivity index (χ0v) is 11.8. The summed E-state index contributed by atoms with van der Waals surface area (Å²) in [6, 6.07) is 2.18. The molecule has 0 aromatic carbocycles. The number of rotatable bonds is 7. The Balaban J connectivity index is 2.60. The maximum atomic E-state index is 5.50. The maximum absolute atomic E-state index is 5.50. The molecule has 2 N–H and O–H groups in total. The van der Waals surface area contributed by atoms with E-state index < -0.39 is 0 Å². The predicted octanol–water partition coefficient (Wildman–Crippen LogP) is 1.57. The van der Waals surface area contributed by atoms with Gasteiger partial charge in [0.05, 0.1) is 16.4 Å². The Morgan fingerprint density at radius 2 is 2.24 bits per heavy atom. The molecule has 4 nitrogen and oxygen atoms in total. The van der Waals surface area contributed by atoms with Crippen molar-refractivity contribution in [2.45, 2.75) is 39.8 Å². The van der Waals surface area contributed by atoms with Crippen LogP contribution in [0.1, 0.15) is 31.7 Å². The van der Waals surface area contributed by atoms with Gasteiger partial charge < -0.3 is 10.6 Å². The maximum Gasteiger partial charge on any atom is 0.0740 e. The fourth-order valence-electron chi connectivity index (χ4n) is 1.75. The molecule has 0 saturated heterocycles. The largest absolute Gasteiger partial charge is 0.393 e. The molecule has 1 heterocycles. The van der Waals surface area contributed by atoms with Crippen molar-refractivity contribution >= 4 is 17.2 Å². The van der Waals surface area contributed by atoms with Crippen molar-refractivity contribution in [3.63, 3.8) is 0 Å². The van der Waals surface area contributed by atoms with E-state index in [4.69, 9.17) is 18.0 Å². The highest BCUT2D eigenvalue weighted by Crippen LogP contribution is 2.08. The second kappa shape index (κ2) is 6.71. The normalized spacial score (nSPS) is 11.1. The second-order valence-electron chi connectivity index (χ2n) is 4.25. The van der Waals surface area contributed by atoms with Crippen molar-refractivity contribution < 1.29 is 0 Å². The molecule has 5 heteroatoms. The van der Waals surface area contributed by atoms with E-state index in [1.165, 1.54) is 5.69 Å². The van der Waals surface area contributed by atoms with Crippen LogP contribution in [0.25, 0.3) is 0 Å². The summed E-state index contributed by atoms with van der Waals surface area (Å²) < 4.78 is 2.07. The van der Waals surface area contributed by atoms with Gasteiger partial charge in [-0.3, -0.25) is 4.68 Å². The van der Waals surface area contributed by atoms with Crippen molar-refractivity contribution in [3.8, 4) is 0 Å². The minimum absolute atomic E-state index is 0.579. The lowest BCUT2D eigenvalue weighted by Crippen LogP contribution is -2.24. The summed E-state index contributed by atoms with van der Waals surface area (Å²) in [5.74, 6) is 0. The fraction of sp³-hybridized carbons (Fsp3) is 0.667. The van der Waals surface area contributed by atoms with Crippen LogP contribution in [0.15, 0.2) is 6.07 Å². The fourth-order valence-corrected chi connectivity index (χ4v) is 1.84. The Labute approximate surface area is 109 Å². The van der Waals surface area contributed by atoms with Gasteiger partial charge in [0, 0.05) is 26.1 Å². The average molecular weight is 254 g/mol. The topological polar surface area (TPSA) is 47.1 Å². The van der Waals surface area contributed by atoms with E-state index >= 15 is 0 Å². The monoisotopic (exact) mass is 254 g/mol. The van der Waals surface area contributed by atoms with Crippen LogP contribution >= 0.6 is 12.2 Å². The van der Waals surface area contributed by atoms with E-state index in [1.54, 1.807) is 0 Å². The van der Waals surface area contributed by atoms with Crippen LogP contribution in [-0.2, 0) is 19.5 Å². The van der Waals surface area contributed by atoms with Gasteiger partial charge in [-0.05, 0) is 26.5 Å². The Morgan fingerprint density at radius 3 is 2.76 bits per heavy atom. The van der Waals surface area contributed by atoms with Gasteiger partial charge in [0.15, 0.2) is 0 Å². The summed E-state index contributed by atoms with van der Waals surface area (Å²) in [4.78, 5) is 2.80. The number of nitrogens with zero attached hydrogens (tertiary/aromatic N) is 3. The van der Waals surface area contributed by atoms with Gasteiger partial charge in [-0.25, -0.2) is 0 Å². The molecule has 0 fully saturated rings. The first-order chi connectivity index (χ1) is 8.06. The number of nitrogens with two attached hydrogens (primary N) is 1. The van der Waals surface area contributed by atoms with Gasteiger partial charge in [-0.1, -0.05) is 19.1 Å². The standard InChI is InChI=1S/C12H22N4S/c1-4-10-8-11(16(5-2)14-10)9-15(3)7-6-12(13)17/h8H,4-7,9H2,1-3H3,(H2,13,17). The summed E-state index contributed by atoms with van der Waals surface area (Å²) in [5, 5.41) is 4.53. The van der Waals surface area contributed by atoms with E-state index in [-0.39, 0.29) is 0 Å². The third-order valence-electron chi connectivity index (χ3n) is 2.75. The smallest absolute Gasteiger partial charge is 0.0740 e. The first-order valence-corrected chi connectivity index (χ1v) is 6.50. The summed E-state index contributed by atoms with van der Waals surface area (Å²) in [5.41, 5.74) is 7.92. The van der Waals surface area contributed by atoms with Gasteiger partial charge in [0.25, 0.3) is 0 Å². The molecule has 0 atom stereocenters. The minimum atomic E-state index is 0.579. The van der Waals surface area contributed by atoms with E-state index in [2.05, 4.69) is 41.6 Å². The highest BCUT2D eigenvalue weighted by atomic mass is 32.1. The number of hydrogen-bond acceptors (Lipinski definition) is 3. The molecule has 1 aromatic heterocycles. The van der Waals surface area contributed by atoms with Crippen molar-refractivity contribution in [2.75, 3.05) is 13.6 Å². The summed E-state index contributed by atoms with van der Waals surface area (Å²) in [6.45, 7) is 6.95. The summed E-state index contributed by atoms with van der Waals surface area (Å²) in [7, 11) is 2.08. The molecule has 1 aromatic rings. The molecule has 0 saturated carbocycles. The molecule has 0 aliphatic heterocycles. The second-order valence-corrected chi connectivity index (χ2v) is 4.77. The van der Waals surface area contributed by atoms with Gasteiger partial charge in [-0.2, -0.15) is 5.10 Å². The Hall–Kier alpha value is -0.940. The van der Waals surface area contributed by atoms with Gasteiger partial charge in [0.2, 0.25) is 0 Å². The Kier molecular flexibility index (Phi) is 5.58. The average Bonchev–Trinajstić information content (AvgIpc) is 2.68. The lowest BCUT2D eigenvalue weighted by Gasteiger charge is -2.16. The molecule has 0 amide bonds. The van der Waals surface area contributed by atoms with Crippen LogP contribution in [-0.4, -0.2) is 33.3 Å². The first kappa shape index (κ1) is 14.1. The van der Waals surface area contributed by atoms with Gasteiger partial charge in [0.1, 0.15) is 0 Å². The Bertz CT molecular complexity index is 373. The van der Waals surface area contributed by atoms with E-state index in [0.29, 0.717) is 4.99 Å². The van der Waals surface area contributed by atoms with Crippen LogP contribution in [0.5, 0.6) is 0 Å². The minimum Gasteiger partial charge on any atom is -0.393 e. The molecular weight excluding hydrogens is 232 g/mol. The number of aryl methyl sites for hydroxylation is 2. The molecule has 0 aliphatic carbocycles. The summed E-state index contributed by atoms with van der Waals surface area (Å²) in [6.07, 6.45) is 1.75. The molecular formula is C12H22N4S. The van der Waals surface area contributed by atoms with Crippen LogP contribution < -0.4 is 5.73 Å². The molecule has 0 spiro atoms. The third kappa shape index (κ3) is 4.44. The van der Waals surface area contributed by atoms with Crippen molar-refractivity contribution in [1.82, 2.24) is 14.7 Å². The predicted molar refractivity (Wildman–Crippen MR) is 75.0 cm³/mol. The highest BCUT2D eigenvalue weighted by molar-refractivity contribution is 7.80. The quantitative estimate of drug-likeness (QED) is 0.750. The van der Waals surface area contributed by atoms with E-state index in [1.807, 2.05) is 0 Å².